The molecule has 2 heterocycles. The Balaban J connectivity index is 1.63. The molecule has 2 aromatic heterocycles. The third-order valence-electron chi connectivity index (χ3n) is 5.17. The van der Waals surface area contributed by atoms with Crippen LogP contribution in [0.25, 0.3) is 22.7 Å². The SMILES string of the molecule is CC(C)(C)OC(=O)NC(CCC(=O)O)C(=O)CCNc1ccnc(-c2cc(-c3c(Cl)cccc3Cl)no2)c1. The van der Waals surface area contributed by atoms with Gasteiger partial charge in [0.15, 0.2) is 11.5 Å². The number of alkyl carbamates (subject to hydrolysis) is 1. The molecule has 202 valence electrons. The third kappa shape index (κ3) is 8.46. The van der Waals surface area contributed by atoms with Gasteiger partial charge in [-0.2, -0.15) is 0 Å². The number of carboxylic acid groups (broad SMARTS) is 1. The van der Waals surface area contributed by atoms with Crippen molar-refractivity contribution in [3.63, 3.8) is 0 Å². The number of pyridine rings is 1. The second-order valence-electron chi connectivity index (χ2n) is 9.38. The summed E-state index contributed by atoms with van der Waals surface area (Å²) in [5.74, 6) is -0.995. The first kappa shape index (κ1) is 28.9. The number of hydrogen-bond donors (Lipinski definition) is 3. The van der Waals surface area contributed by atoms with E-state index in [0.717, 1.165) is 0 Å². The van der Waals surface area contributed by atoms with Crippen molar-refractivity contribution >= 4 is 46.7 Å². The van der Waals surface area contributed by atoms with Crippen molar-refractivity contribution in [2.75, 3.05) is 11.9 Å². The zero-order valence-corrected chi connectivity index (χ0v) is 22.6. The number of amides is 1. The maximum absolute atomic E-state index is 12.8. The molecule has 3 rings (SSSR count). The molecule has 0 saturated heterocycles. The Hall–Kier alpha value is -3.63. The molecular weight excluding hydrogens is 535 g/mol. The Labute approximate surface area is 229 Å². The largest absolute Gasteiger partial charge is 0.481 e. The van der Waals surface area contributed by atoms with Crippen molar-refractivity contribution in [2.24, 2.45) is 0 Å². The van der Waals surface area contributed by atoms with Gasteiger partial charge in [-0.05, 0) is 51.5 Å². The van der Waals surface area contributed by atoms with E-state index < -0.39 is 23.7 Å². The Morgan fingerprint density at radius 1 is 1.08 bits per heavy atom. The van der Waals surface area contributed by atoms with Crippen molar-refractivity contribution in [1.29, 1.82) is 0 Å². The van der Waals surface area contributed by atoms with Crippen LogP contribution in [0.2, 0.25) is 10.0 Å². The number of rotatable bonds is 11. The molecule has 0 aliphatic rings. The lowest BCUT2D eigenvalue weighted by atomic mass is 10.0. The van der Waals surface area contributed by atoms with Gasteiger partial charge in [0.2, 0.25) is 0 Å². The van der Waals surface area contributed by atoms with Crippen LogP contribution in [-0.4, -0.2) is 51.3 Å². The summed E-state index contributed by atoms with van der Waals surface area (Å²) in [5, 5.41) is 19.5. The van der Waals surface area contributed by atoms with Crippen LogP contribution < -0.4 is 10.6 Å². The van der Waals surface area contributed by atoms with E-state index in [4.69, 9.17) is 37.6 Å². The molecule has 0 aliphatic carbocycles. The van der Waals surface area contributed by atoms with Crippen LogP contribution in [0.5, 0.6) is 0 Å². The van der Waals surface area contributed by atoms with Crippen LogP contribution in [0.1, 0.15) is 40.0 Å². The van der Waals surface area contributed by atoms with Crippen molar-refractivity contribution in [3.05, 3.63) is 52.6 Å². The molecule has 3 aromatic rings. The summed E-state index contributed by atoms with van der Waals surface area (Å²) >= 11 is 12.5. The van der Waals surface area contributed by atoms with E-state index in [2.05, 4.69) is 20.8 Å². The van der Waals surface area contributed by atoms with E-state index in [9.17, 15) is 14.4 Å². The van der Waals surface area contributed by atoms with Crippen molar-refractivity contribution in [3.8, 4) is 22.7 Å². The van der Waals surface area contributed by atoms with Crippen molar-refractivity contribution in [1.82, 2.24) is 15.5 Å². The summed E-state index contributed by atoms with van der Waals surface area (Å²) in [6, 6.07) is 9.28. The molecule has 3 N–H and O–H groups in total. The highest BCUT2D eigenvalue weighted by molar-refractivity contribution is 6.39. The van der Waals surface area contributed by atoms with Crippen LogP contribution in [0.3, 0.4) is 0 Å². The molecule has 10 nitrogen and oxygen atoms in total. The summed E-state index contributed by atoms with van der Waals surface area (Å²) in [6.07, 6.45) is 0.513. The number of carbonyl (C=O) groups is 3. The smallest absolute Gasteiger partial charge is 0.408 e. The average molecular weight is 563 g/mol. The molecule has 0 aliphatic heterocycles. The van der Waals surface area contributed by atoms with Crippen molar-refractivity contribution < 1.29 is 28.8 Å². The van der Waals surface area contributed by atoms with Gasteiger partial charge in [0.25, 0.3) is 0 Å². The lowest BCUT2D eigenvalue weighted by molar-refractivity contribution is -0.137. The van der Waals surface area contributed by atoms with Gasteiger partial charge in [-0.3, -0.25) is 14.6 Å². The van der Waals surface area contributed by atoms with Gasteiger partial charge in [0.05, 0.1) is 16.1 Å². The quantitative estimate of drug-likeness (QED) is 0.262. The number of Topliss-reactive ketones (excluding diaryl/α,β-unsaturated/α-hetero) is 1. The summed E-state index contributed by atoms with van der Waals surface area (Å²) in [5.41, 5.74) is 1.42. The molecule has 1 atom stereocenters. The second-order valence-corrected chi connectivity index (χ2v) is 10.2. The highest BCUT2D eigenvalue weighted by atomic mass is 35.5. The molecule has 1 aromatic carbocycles. The number of benzene rings is 1. The minimum absolute atomic E-state index is 0.0369. The minimum Gasteiger partial charge on any atom is -0.481 e. The van der Waals surface area contributed by atoms with Crippen molar-refractivity contribution in [2.45, 2.75) is 51.7 Å². The van der Waals surface area contributed by atoms with Gasteiger partial charge in [0, 0.05) is 42.9 Å². The van der Waals surface area contributed by atoms with Gasteiger partial charge in [0.1, 0.15) is 17.0 Å². The number of halogens is 2. The lowest BCUT2D eigenvalue weighted by Crippen LogP contribution is -2.44. The molecule has 0 spiro atoms. The number of ether oxygens (including phenoxy) is 1. The van der Waals surface area contributed by atoms with Gasteiger partial charge < -0.3 is 25.0 Å². The van der Waals surface area contributed by atoms with E-state index in [1.807, 2.05) is 0 Å². The van der Waals surface area contributed by atoms with Crippen LogP contribution >= 0.6 is 23.2 Å². The minimum atomic E-state index is -1.07. The first-order valence-electron chi connectivity index (χ1n) is 11.8. The fourth-order valence-corrected chi connectivity index (χ4v) is 4.06. The molecule has 0 saturated carbocycles. The summed E-state index contributed by atoms with van der Waals surface area (Å²) in [7, 11) is 0. The number of aromatic nitrogens is 2. The van der Waals surface area contributed by atoms with Gasteiger partial charge in [-0.15, -0.1) is 0 Å². The Morgan fingerprint density at radius 3 is 2.45 bits per heavy atom. The zero-order valence-electron chi connectivity index (χ0n) is 21.1. The summed E-state index contributed by atoms with van der Waals surface area (Å²) < 4.78 is 10.6. The maximum atomic E-state index is 12.8. The topological polar surface area (TPSA) is 144 Å². The molecular formula is C26H28Cl2N4O6. The number of carbonyl (C=O) groups excluding carboxylic acids is 2. The Morgan fingerprint density at radius 2 is 1.79 bits per heavy atom. The van der Waals surface area contributed by atoms with E-state index in [1.54, 1.807) is 63.4 Å². The van der Waals surface area contributed by atoms with Gasteiger partial charge >= 0.3 is 12.1 Å². The monoisotopic (exact) mass is 562 g/mol. The fourth-order valence-electron chi connectivity index (χ4n) is 3.47. The molecule has 38 heavy (non-hydrogen) atoms. The fraction of sp³-hybridized carbons (Fsp3) is 0.346. The molecule has 0 fully saturated rings. The maximum Gasteiger partial charge on any atom is 0.408 e. The third-order valence-corrected chi connectivity index (χ3v) is 5.80. The van der Waals surface area contributed by atoms with E-state index in [-0.39, 0.29) is 31.6 Å². The lowest BCUT2D eigenvalue weighted by Gasteiger charge is -2.23. The van der Waals surface area contributed by atoms with Crippen LogP contribution in [0, 0.1) is 0 Å². The first-order valence-corrected chi connectivity index (χ1v) is 12.5. The van der Waals surface area contributed by atoms with E-state index in [0.29, 0.717) is 38.4 Å². The normalized spacial score (nSPS) is 12.0. The van der Waals surface area contributed by atoms with Gasteiger partial charge in [-0.25, -0.2) is 4.79 Å². The van der Waals surface area contributed by atoms with E-state index >= 15 is 0 Å². The number of aliphatic carboxylic acids is 1. The zero-order chi connectivity index (χ0) is 27.9. The molecule has 0 bridgehead atoms. The first-order chi connectivity index (χ1) is 17.9. The number of anilines is 1. The van der Waals surface area contributed by atoms with Crippen LogP contribution in [0.15, 0.2) is 47.1 Å². The second kappa shape index (κ2) is 12.7. The number of nitrogens with one attached hydrogen (secondary N) is 2. The number of hydrogen-bond acceptors (Lipinski definition) is 8. The molecule has 0 radical (unpaired) electrons. The standard InChI is InChI=1S/C26H28Cl2N4O6/c1-26(2,3)37-25(36)31-18(7-8-23(34)35)21(33)10-12-29-15-9-11-30-19(13-15)22-14-20(32-38-22)24-16(27)5-4-6-17(24)28/h4-6,9,11,13-14,18H,7-8,10,12H2,1-3H3,(H,29,30)(H,31,36)(H,34,35). The highest BCUT2D eigenvalue weighted by Gasteiger charge is 2.24. The predicted molar refractivity (Wildman–Crippen MR) is 143 cm³/mol. The number of carboxylic acids is 1. The van der Waals surface area contributed by atoms with E-state index in [1.165, 1.54) is 0 Å². The number of ketones is 1. The summed E-state index contributed by atoms with van der Waals surface area (Å²) in [6.45, 7) is 5.32. The number of nitrogens with zero attached hydrogens (tertiary/aromatic N) is 2. The van der Waals surface area contributed by atoms with Crippen LogP contribution in [-0.2, 0) is 14.3 Å². The summed E-state index contributed by atoms with van der Waals surface area (Å²) in [4.78, 5) is 40.2. The van der Waals surface area contributed by atoms with Crippen LogP contribution in [0.4, 0.5) is 10.5 Å². The molecule has 1 unspecified atom stereocenters. The Kier molecular flexibility index (Phi) is 9.71. The predicted octanol–water partition coefficient (Wildman–Crippen LogP) is 5.84. The molecule has 1 amide bonds. The molecule has 12 heteroatoms. The average Bonchev–Trinajstić information content (AvgIpc) is 3.30. The Bertz CT molecular complexity index is 1280. The highest BCUT2D eigenvalue weighted by Crippen LogP contribution is 2.35. The van der Waals surface area contributed by atoms with Gasteiger partial charge in [-0.1, -0.05) is 34.4 Å².